The second kappa shape index (κ2) is 5.93. The minimum atomic E-state index is -0.0648. The maximum atomic E-state index is 9.76. The van der Waals surface area contributed by atoms with E-state index >= 15 is 0 Å². The highest BCUT2D eigenvalue weighted by Crippen LogP contribution is 2.29. The van der Waals surface area contributed by atoms with E-state index in [1.807, 2.05) is 25.1 Å². The molecule has 8 nitrogen and oxygen atoms in total. The summed E-state index contributed by atoms with van der Waals surface area (Å²) in [6.07, 6.45) is 3.27. The summed E-state index contributed by atoms with van der Waals surface area (Å²) < 4.78 is 3.40. The molecule has 0 aliphatic carbocycles. The molecule has 0 amide bonds. The van der Waals surface area contributed by atoms with Crippen LogP contribution in [0.2, 0.25) is 5.02 Å². The van der Waals surface area contributed by atoms with Crippen LogP contribution in [0.15, 0.2) is 48.9 Å². The molecule has 0 saturated heterocycles. The van der Waals surface area contributed by atoms with Gasteiger partial charge in [0.05, 0.1) is 17.3 Å². The molecule has 2 aromatic carbocycles. The van der Waals surface area contributed by atoms with Crippen molar-refractivity contribution in [2.45, 2.75) is 6.92 Å². The Morgan fingerprint density at radius 3 is 2.54 bits per heavy atom. The highest BCUT2D eigenvalue weighted by atomic mass is 35.5. The average Bonchev–Trinajstić information content (AvgIpc) is 3.26. The molecule has 2 N–H and O–H groups in total. The summed E-state index contributed by atoms with van der Waals surface area (Å²) in [6, 6.07) is 9.83. The fourth-order valence-electron chi connectivity index (χ4n) is 3.23. The summed E-state index contributed by atoms with van der Waals surface area (Å²) in [5.41, 5.74) is 3.54. The molecule has 0 aliphatic heterocycles. The molecule has 0 saturated carbocycles. The lowest BCUT2D eigenvalue weighted by Crippen LogP contribution is -2.01. The van der Waals surface area contributed by atoms with Crippen molar-refractivity contribution < 1.29 is 10.2 Å². The first kappa shape index (κ1) is 16.5. The highest BCUT2D eigenvalue weighted by molar-refractivity contribution is 6.30. The van der Waals surface area contributed by atoms with Crippen molar-refractivity contribution in [3.05, 3.63) is 59.5 Å². The fraction of sp³-hybridized carbons (Fsp3) is 0.0526. The van der Waals surface area contributed by atoms with E-state index in [1.165, 1.54) is 18.2 Å². The number of halogens is 1. The third-order valence-electron chi connectivity index (χ3n) is 4.54. The fourth-order valence-corrected chi connectivity index (χ4v) is 3.40. The first-order valence-corrected chi connectivity index (χ1v) is 8.76. The Kier molecular flexibility index (Phi) is 3.50. The molecular weight excluding hydrogens is 380 g/mol. The maximum Gasteiger partial charge on any atom is 0.175 e. The van der Waals surface area contributed by atoms with Gasteiger partial charge in [0.25, 0.3) is 0 Å². The van der Waals surface area contributed by atoms with Gasteiger partial charge in [0, 0.05) is 16.7 Å². The number of phenolic OH excluding ortho intramolecular Hbond substituents is 2. The minimum Gasteiger partial charge on any atom is -0.508 e. The largest absolute Gasteiger partial charge is 0.508 e. The Hall–Kier alpha value is -3.65. The smallest absolute Gasteiger partial charge is 0.175 e. The molecule has 5 rings (SSSR count). The highest BCUT2D eigenvalue weighted by Gasteiger charge is 2.17. The number of phenols is 2. The lowest BCUT2D eigenvalue weighted by molar-refractivity contribution is 0.451. The number of benzene rings is 2. The van der Waals surface area contributed by atoms with Crippen LogP contribution in [0.1, 0.15) is 5.56 Å². The van der Waals surface area contributed by atoms with E-state index in [0.29, 0.717) is 33.1 Å². The van der Waals surface area contributed by atoms with Crippen LogP contribution in [0.4, 0.5) is 0 Å². The Labute approximate surface area is 163 Å². The van der Waals surface area contributed by atoms with Gasteiger partial charge in [-0.15, -0.1) is 10.2 Å². The van der Waals surface area contributed by atoms with Crippen molar-refractivity contribution in [3.8, 4) is 28.6 Å². The van der Waals surface area contributed by atoms with Gasteiger partial charge in [-0.1, -0.05) is 17.7 Å². The molecular formula is C19H13ClN6O2. The molecule has 138 valence electrons. The van der Waals surface area contributed by atoms with Crippen LogP contribution >= 0.6 is 11.6 Å². The minimum absolute atomic E-state index is 0.0648. The molecule has 28 heavy (non-hydrogen) atoms. The van der Waals surface area contributed by atoms with Gasteiger partial charge >= 0.3 is 0 Å². The predicted octanol–water partition coefficient (Wildman–Crippen LogP) is 3.50. The lowest BCUT2D eigenvalue weighted by Gasteiger charge is -2.07. The maximum absolute atomic E-state index is 9.76. The standard InChI is InChI=1S/C19H13ClN6O2/c1-10-2-3-12(20)6-16(10)26-18-15(8-22-26)19-24-23-17(25(19)9-21-18)11-4-13(27)7-14(28)5-11/h2-9,27-28H,1H3. The zero-order chi connectivity index (χ0) is 19.4. The van der Waals surface area contributed by atoms with Crippen LogP contribution in [0.5, 0.6) is 11.5 Å². The van der Waals surface area contributed by atoms with Gasteiger partial charge in [-0.2, -0.15) is 5.10 Å². The molecule has 0 atom stereocenters. The predicted molar refractivity (Wildman–Crippen MR) is 104 cm³/mol. The number of hydrogen-bond donors (Lipinski definition) is 2. The van der Waals surface area contributed by atoms with E-state index in [0.717, 1.165) is 11.3 Å². The Morgan fingerprint density at radius 2 is 1.75 bits per heavy atom. The SMILES string of the molecule is Cc1ccc(Cl)cc1-n1ncc2c1ncn1c(-c3cc(O)cc(O)c3)nnc21. The second-order valence-electron chi connectivity index (χ2n) is 6.42. The van der Waals surface area contributed by atoms with Crippen LogP contribution in [0.25, 0.3) is 33.8 Å². The second-order valence-corrected chi connectivity index (χ2v) is 6.86. The number of aryl methyl sites for hydroxylation is 1. The van der Waals surface area contributed by atoms with Crippen molar-refractivity contribution in [2.75, 3.05) is 0 Å². The molecule has 9 heteroatoms. The summed E-state index contributed by atoms with van der Waals surface area (Å²) in [7, 11) is 0. The van der Waals surface area contributed by atoms with Crippen LogP contribution in [0, 0.1) is 6.92 Å². The number of aromatic nitrogens is 6. The van der Waals surface area contributed by atoms with Crippen molar-refractivity contribution in [1.82, 2.24) is 29.4 Å². The Morgan fingerprint density at radius 1 is 0.964 bits per heavy atom. The van der Waals surface area contributed by atoms with Crippen LogP contribution in [-0.2, 0) is 0 Å². The zero-order valence-electron chi connectivity index (χ0n) is 14.6. The van der Waals surface area contributed by atoms with Gasteiger partial charge in [0.1, 0.15) is 17.8 Å². The molecule has 0 unspecified atom stereocenters. The van der Waals surface area contributed by atoms with Gasteiger partial charge in [-0.25, -0.2) is 9.67 Å². The monoisotopic (exact) mass is 392 g/mol. The van der Waals surface area contributed by atoms with Gasteiger partial charge in [0.15, 0.2) is 17.1 Å². The molecule has 0 fully saturated rings. The first-order chi connectivity index (χ1) is 13.5. The topological polar surface area (TPSA) is 101 Å². The molecule has 3 aromatic heterocycles. The van der Waals surface area contributed by atoms with E-state index in [4.69, 9.17) is 11.6 Å². The van der Waals surface area contributed by atoms with Crippen LogP contribution in [-0.4, -0.2) is 39.6 Å². The normalized spacial score (nSPS) is 11.5. The third-order valence-corrected chi connectivity index (χ3v) is 4.77. The number of rotatable bonds is 2. The molecule has 0 radical (unpaired) electrons. The first-order valence-electron chi connectivity index (χ1n) is 8.38. The van der Waals surface area contributed by atoms with Crippen molar-refractivity contribution in [1.29, 1.82) is 0 Å². The molecule has 3 heterocycles. The molecule has 0 aliphatic rings. The van der Waals surface area contributed by atoms with E-state index in [9.17, 15) is 10.2 Å². The van der Waals surface area contributed by atoms with Crippen molar-refractivity contribution in [3.63, 3.8) is 0 Å². The van der Waals surface area contributed by atoms with Crippen molar-refractivity contribution in [2.24, 2.45) is 0 Å². The summed E-state index contributed by atoms with van der Waals surface area (Å²) >= 11 is 6.15. The van der Waals surface area contributed by atoms with Crippen molar-refractivity contribution >= 4 is 28.3 Å². The van der Waals surface area contributed by atoms with Crippen LogP contribution < -0.4 is 0 Å². The van der Waals surface area contributed by atoms with E-state index in [1.54, 1.807) is 21.6 Å². The average molecular weight is 393 g/mol. The number of nitrogens with zero attached hydrogens (tertiary/aromatic N) is 6. The van der Waals surface area contributed by atoms with Gasteiger partial charge in [0.2, 0.25) is 0 Å². The van der Waals surface area contributed by atoms with E-state index < -0.39 is 0 Å². The van der Waals surface area contributed by atoms with Gasteiger partial charge in [-0.3, -0.25) is 4.40 Å². The Balaban J connectivity index is 1.73. The summed E-state index contributed by atoms with van der Waals surface area (Å²) in [6.45, 7) is 1.97. The summed E-state index contributed by atoms with van der Waals surface area (Å²) in [5.74, 6) is 0.317. The number of aromatic hydroxyl groups is 2. The zero-order valence-corrected chi connectivity index (χ0v) is 15.3. The van der Waals surface area contributed by atoms with Gasteiger partial charge < -0.3 is 10.2 Å². The third kappa shape index (κ3) is 2.46. The quantitative estimate of drug-likeness (QED) is 0.476. The summed E-state index contributed by atoms with van der Waals surface area (Å²) in [4.78, 5) is 4.54. The number of fused-ring (bicyclic) bond motifs is 3. The van der Waals surface area contributed by atoms with E-state index in [-0.39, 0.29) is 11.5 Å². The van der Waals surface area contributed by atoms with Crippen LogP contribution in [0.3, 0.4) is 0 Å². The number of hydrogen-bond acceptors (Lipinski definition) is 6. The molecule has 5 aromatic rings. The molecule has 0 spiro atoms. The Bertz CT molecular complexity index is 1350. The lowest BCUT2D eigenvalue weighted by atomic mass is 10.2. The van der Waals surface area contributed by atoms with Gasteiger partial charge in [-0.05, 0) is 36.8 Å². The van der Waals surface area contributed by atoms with E-state index in [2.05, 4.69) is 20.3 Å². The molecule has 0 bridgehead atoms. The summed E-state index contributed by atoms with van der Waals surface area (Å²) in [5, 5.41) is 33.8.